The number of aliphatic hydroxyl groups excluding tert-OH is 1. The summed E-state index contributed by atoms with van der Waals surface area (Å²) < 4.78 is 23.4. The Kier molecular flexibility index (Phi) is 11.9. The van der Waals surface area contributed by atoms with Gasteiger partial charge in [0.1, 0.15) is 12.2 Å². The maximum atomic E-state index is 9.99. The number of hydrogen-bond acceptors (Lipinski definition) is 5. The Balaban J connectivity index is 2.56. The fraction of sp³-hybridized carbons (Fsp3) is 1.00. The molecule has 1 aliphatic heterocycles. The number of hydrogen-bond donors (Lipinski definition) is 1. The summed E-state index contributed by atoms with van der Waals surface area (Å²) in [7, 11) is 0. The highest BCUT2D eigenvalue weighted by Crippen LogP contribution is 2.25. The van der Waals surface area contributed by atoms with Gasteiger partial charge in [0.25, 0.3) is 0 Å². The van der Waals surface area contributed by atoms with Crippen molar-refractivity contribution in [3.63, 3.8) is 0 Å². The molecule has 23 heavy (non-hydrogen) atoms. The quantitative estimate of drug-likeness (QED) is 0.525. The fourth-order valence-electron chi connectivity index (χ4n) is 2.61. The number of ether oxygens (including phenoxy) is 4. The van der Waals surface area contributed by atoms with E-state index >= 15 is 0 Å². The molecule has 5 nitrogen and oxygen atoms in total. The van der Waals surface area contributed by atoms with Crippen LogP contribution < -0.4 is 0 Å². The molecule has 1 fully saturated rings. The van der Waals surface area contributed by atoms with Gasteiger partial charge >= 0.3 is 0 Å². The summed E-state index contributed by atoms with van der Waals surface area (Å²) in [5, 5.41) is 9.99. The highest BCUT2D eigenvalue weighted by Gasteiger charge is 2.39. The lowest BCUT2D eigenvalue weighted by Crippen LogP contribution is -2.52. The number of unbranched alkanes of at least 4 members (excludes halogenated alkanes) is 3. The number of rotatable bonds is 13. The maximum absolute atomic E-state index is 9.99. The topological polar surface area (TPSA) is 57.2 Å². The van der Waals surface area contributed by atoms with E-state index in [1.807, 2.05) is 0 Å². The summed E-state index contributed by atoms with van der Waals surface area (Å²) in [6, 6.07) is 0. The summed E-state index contributed by atoms with van der Waals surface area (Å²) in [5.74, 6) is 0. The molecule has 0 aromatic carbocycles. The lowest BCUT2D eigenvalue weighted by molar-refractivity contribution is -0.261. The Morgan fingerprint density at radius 3 is 2.17 bits per heavy atom. The first-order chi connectivity index (χ1) is 11.2. The molecule has 1 heterocycles. The van der Waals surface area contributed by atoms with Crippen LogP contribution in [0.25, 0.3) is 0 Å². The van der Waals surface area contributed by atoms with Crippen LogP contribution in [-0.4, -0.2) is 56.1 Å². The van der Waals surface area contributed by atoms with Crippen LogP contribution in [0.15, 0.2) is 0 Å². The molecule has 4 atom stereocenters. The smallest absolute Gasteiger partial charge is 0.157 e. The summed E-state index contributed by atoms with van der Waals surface area (Å²) >= 11 is 0. The first-order valence-corrected chi connectivity index (χ1v) is 9.37. The molecule has 0 radical (unpaired) electrons. The molecule has 4 unspecified atom stereocenters. The third-order valence-electron chi connectivity index (χ3n) is 4.06. The van der Waals surface area contributed by atoms with Crippen molar-refractivity contribution in [1.29, 1.82) is 0 Å². The lowest BCUT2D eigenvalue weighted by atomic mass is 10.0. The van der Waals surface area contributed by atoms with E-state index in [0.717, 1.165) is 45.1 Å². The molecule has 138 valence electrons. The van der Waals surface area contributed by atoms with Crippen LogP contribution in [0.4, 0.5) is 0 Å². The van der Waals surface area contributed by atoms with Gasteiger partial charge in [-0.15, -0.1) is 0 Å². The molecule has 0 amide bonds. The van der Waals surface area contributed by atoms with Crippen molar-refractivity contribution < 1.29 is 24.1 Å². The van der Waals surface area contributed by atoms with Crippen molar-refractivity contribution in [3.05, 3.63) is 0 Å². The Bertz CT molecular complexity index is 274. The minimum atomic E-state index is -0.799. The molecule has 0 aromatic rings. The van der Waals surface area contributed by atoms with Gasteiger partial charge in [-0.1, -0.05) is 40.0 Å². The summed E-state index contributed by atoms with van der Waals surface area (Å²) in [6.07, 6.45) is 5.48. The van der Waals surface area contributed by atoms with Gasteiger partial charge in [0.05, 0.1) is 12.7 Å². The van der Waals surface area contributed by atoms with Gasteiger partial charge in [-0.05, 0) is 19.3 Å². The summed E-state index contributed by atoms with van der Waals surface area (Å²) in [4.78, 5) is 0. The molecule has 1 saturated heterocycles. The Morgan fingerprint density at radius 2 is 1.52 bits per heavy atom. The Hall–Kier alpha value is -0.200. The third-order valence-corrected chi connectivity index (χ3v) is 4.06. The standard InChI is InChI=1S/C18H36O5/c1-4-7-10-20-14-16-18(22-12-9-6-3)15(13-17(19)23-16)21-11-8-5-2/h15-19H,4-14H2,1-3H3. The lowest BCUT2D eigenvalue weighted by Gasteiger charge is -2.39. The molecule has 0 aliphatic carbocycles. The largest absolute Gasteiger partial charge is 0.379 e. The highest BCUT2D eigenvalue weighted by molar-refractivity contribution is 4.85. The van der Waals surface area contributed by atoms with E-state index in [4.69, 9.17) is 18.9 Å². The molecule has 1 N–H and O–H groups in total. The predicted octanol–water partition coefficient (Wildman–Crippen LogP) is 3.28. The van der Waals surface area contributed by atoms with Gasteiger partial charge in [0.15, 0.2) is 6.29 Å². The molecule has 5 heteroatoms. The van der Waals surface area contributed by atoms with E-state index < -0.39 is 6.29 Å². The average molecular weight is 332 g/mol. The first-order valence-electron chi connectivity index (χ1n) is 9.37. The zero-order chi connectivity index (χ0) is 16.9. The van der Waals surface area contributed by atoms with Gasteiger partial charge in [0.2, 0.25) is 0 Å². The van der Waals surface area contributed by atoms with Crippen LogP contribution in [0.3, 0.4) is 0 Å². The molecule has 0 bridgehead atoms. The van der Waals surface area contributed by atoms with Gasteiger partial charge in [-0.3, -0.25) is 0 Å². The van der Waals surface area contributed by atoms with Gasteiger partial charge in [0, 0.05) is 26.2 Å². The predicted molar refractivity (Wildman–Crippen MR) is 90.5 cm³/mol. The van der Waals surface area contributed by atoms with Crippen LogP contribution >= 0.6 is 0 Å². The van der Waals surface area contributed by atoms with Crippen LogP contribution in [-0.2, 0) is 18.9 Å². The third kappa shape index (κ3) is 8.45. The average Bonchev–Trinajstić information content (AvgIpc) is 2.54. The molecule has 0 aromatic heterocycles. The SMILES string of the molecule is CCCCOCC1OC(O)CC(OCCCC)C1OCCCC. The van der Waals surface area contributed by atoms with E-state index in [-0.39, 0.29) is 18.3 Å². The monoisotopic (exact) mass is 332 g/mol. The van der Waals surface area contributed by atoms with Crippen molar-refractivity contribution in [2.45, 2.75) is 90.3 Å². The van der Waals surface area contributed by atoms with Crippen molar-refractivity contribution in [1.82, 2.24) is 0 Å². The van der Waals surface area contributed by atoms with Crippen LogP contribution in [0, 0.1) is 0 Å². The molecule has 0 spiro atoms. The van der Waals surface area contributed by atoms with Crippen molar-refractivity contribution in [2.75, 3.05) is 26.4 Å². The van der Waals surface area contributed by atoms with Gasteiger partial charge in [-0.25, -0.2) is 0 Å². The second-order valence-corrected chi connectivity index (χ2v) is 6.25. The van der Waals surface area contributed by atoms with E-state index in [1.165, 1.54) is 0 Å². The van der Waals surface area contributed by atoms with E-state index in [0.29, 0.717) is 26.2 Å². The van der Waals surface area contributed by atoms with E-state index in [2.05, 4.69) is 20.8 Å². The minimum Gasteiger partial charge on any atom is -0.379 e. The van der Waals surface area contributed by atoms with Crippen LogP contribution in [0.5, 0.6) is 0 Å². The molecule has 1 aliphatic rings. The summed E-state index contributed by atoms with van der Waals surface area (Å²) in [5.41, 5.74) is 0. The first kappa shape index (κ1) is 20.8. The highest BCUT2D eigenvalue weighted by atomic mass is 16.6. The minimum absolute atomic E-state index is 0.123. The molecule has 0 saturated carbocycles. The van der Waals surface area contributed by atoms with Crippen LogP contribution in [0.1, 0.15) is 65.7 Å². The van der Waals surface area contributed by atoms with Crippen molar-refractivity contribution >= 4 is 0 Å². The van der Waals surface area contributed by atoms with E-state index in [1.54, 1.807) is 0 Å². The Labute approximate surface area is 141 Å². The van der Waals surface area contributed by atoms with E-state index in [9.17, 15) is 5.11 Å². The fourth-order valence-corrected chi connectivity index (χ4v) is 2.61. The number of aliphatic hydroxyl groups is 1. The normalized spacial score (nSPS) is 28.2. The van der Waals surface area contributed by atoms with Crippen LogP contribution in [0.2, 0.25) is 0 Å². The summed E-state index contributed by atoms with van der Waals surface area (Å²) in [6.45, 7) is 8.98. The zero-order valence-electron chi connectivity index (χ0n) is 15.2. The second kappa shape index (κ2) is 13.1. The molecular formula is C18H36O5. The van der Waals surface area contributed by atoms with Gasteiger partial charge < -0.3 is 24.1 Å². The van der Waals surface area contributed by atoms with Crippen molar-refractivity contribution in [2.24, 2.45) is 0 Å². The molecule has 1 rings (SSSR count). The van der Waals surface area contributed by atoms with Gasteiger partial charge in [-0.2, -0.15) is 0 Å². The Morgan fingerprint density at radius 1 is 0.913 bits per heavy atom. The maximum Gasteiger partial charge on any atom is 0.157 e. The zero-order valence-corrected chi connectivity index (χ0v) is 15.2. The molecular weight excluding hydrogens is 296 g/mol. The van der Waals surface area contributed by atoms with Crippen molar-refractivity contribution in [3.8, 4) is 0 Å². The second-order valence-electron chi connectivity index (χ2n) is 6.25.